The lowest BCUT2D eigenvalue weighted by molar-refractivity contribution is -0.870. The van der Waals surface area contributed by atoms with Gasteiger partial charge in [0.05, 0.1) is 39.9 Å². The highest BCUT2D eigenvalue weighted by Crippen LogP contribution is 2.43. The van der Waals surface area contributed by atoms with E-state index in [-0.39, 0.29) is 19.1 Å². The fraction of sp³-hybridized carbons (Fsp3) is 0.986. The van der Waals surface area contributed by atoms with E-state index in [2.05, 4.69) is 19.2 Å². The molecule has 0 bridgehead atoms. The molecular weight excluding hydrogens is 1030 g/mol. The first-order chi connectivity index (χ1) is 40.0. The second-order valence-electron chi connectivity index (χ2n) is 27.4. The average Bonchev–Trinajstić information content (AvgIpc) is 3.47. The molecule has 0 radical (unpaired) electrons. The van der Waals surface area contributed by atoms with Gasteiger partial charge in [0.2, 0.25) is 5.91 Å². The standard InChI is InChI=1S/C73H149N2O6P/c1-6-8-10-12-14-16-18-20-22-24-26-28-30-32-34-35-36-37-38-39-40-41-43-45-47-49-51-53-55-57-59-61-63-65-67-73(77)74-71(70-81-82(78,79)80-69-68-75(3,4)5)72(76)66-64-62-60-58-56-54-52-50-48-46-44-42-33-31-29-27-25-23-21-19-17-15-13-11-9-7-2/h71-72,76H,6-70H2,1-5H3,(H-,74,77,78,79)/p+1. The van der Waals surface area contributed by atoms with Crippen LogP contribution in [0.1, 0.15) is 412 Å². The van der Waals surface area contributed by atoms with Crippen LogP contribution in [0.15, 0.2) is 0 Å². The summed E-state index contributed by atoms with van der Waals surface area (Å²) in [6, 6.07) is -0.757. The highest BCUT2D eigenvalue weighted by molar-refractivity contribution is 7.47. The van der Waals surface area contributed by atoms with Crippen molar-refractivity contribution in [2.75, 3.05) is 40.9 Å². The van der Waals surface area contributed by atoms with Gasteiger partial charge in [-0.3, -0.25) is 13.8 Å². The third kappa shape index (κ3) is 67.0. The Labute approximate surface area is 514 Å². The molecule has 0 aromatic carbocycles. The van der Waals surface area contributed by atoms with Crippen molar-refractivity contribution in [3.63, 3.8) is 0 Å². The molecule has 3 unspecified atom stereocenters. The number of rotatable bonds is 71. The first-order valence-electron chi connectivity index (χ1n) is 37.4. The maximum absolute atomic E-state index is 13.1. The fourth-order valence-electron chi connectivity index (χ4n) is 12.1. The second kappa shape index (κ2) is 65.0. The number of phosphoric ester groups is 1. The second-order valence-corrected chi connectivity index (χ2v) is 28.9. The van der Waals surface area contributed by atoms with E-state index >= 15 is 0 Å². The van der Waals surface area contributed by atoms with Crippen LogP contribution in [0.25, 0.3) is 0 Å². The van der Waals surface area contributed by atoms with Crippen molar-refractivity contribution in [1.29, 1.82) is 0 Å². The van der Waals surface area contributed by atoms with Crippen LogP contribution in [0, 0.1) is 0 Å². The number of hydrogen-bond acceptors (Lipinski definition) is 5. The maximum Gasteiger partial charge on any atom is 0.472 e. The van der Waals surface area contributed by atoms with Gasteiger partial charge >= 0.3 is 7.82 Å². The Morgan fingerprint density at radius 2 is 0.585 bits per heavy atom. The number of amides is 1. The van der Waals surface area contributed by atoms with Crippen molar-refractivity contribution >= 4 is 13.7 Å². The van der Waals surface area contributed by atoms with Crippen molar-refractivity contribution in [3.05, 3.63) is 0 Å². The first kappa shape index (κ1) is 81.5. The smallest absolute Gasteiger partial charge is 0.391 e. The van der Waals surface area contributed by atoms with Gasteiger partial charge < -0.3 is 19.8 Å². The van der Waals surface area contributed by atoms with Gasteiger partial charge in [-0.25, -0.2) is 4.57 Å². The third-order valence-corrected chi connectivity index (χ3v) is 18.8. The summed E-state index contributed by atoms with van der Waals surface area (Å²) in [6.07, 6.45) is 82.3. The first-order valence-corrected chi connectivity index (χ1v) is 38.9. The Kier molecular flexibility index (Phi) is 64.6. The summed E-state index contributed by atoms with van der Waals surface area (Å²) < 4.78 is 23.9. The summed E-state index contributed by atoms with van der Waals surface area (Å²) in [7, 11) is 1.64. The van der Waals surface area contributed by atoms with Gasteiger partial charge in [-0.15, -0.1) is 0 Å². The lowest BCUT2D eigenvalue weighted by Crippen LogP contribution is -2.46. The van der Waals surface area contributed by atoms with Gasteiger partial charge in [0.1, 0.15) is 13.2 Å². The number of hydrogen-bond donors (Lipinski definition) is 3. The van der Waals surface area contributed by atoms with Crippen LogP contribution in [0.5, 0.6) is 0 Å². The SMILES string of the molecule is CCCCCCCCCCCCCCCCCCCCCCCCCCCCCCCCCCCCC(=O)NC(COP(=O)(O)OCC[N+](C)(C)C)C(O)CCCCCCCCCCCCCCCCCCCCCCCCCCCC. The highest BCUT2D eigenvalue weighted by atomic mass is 31.2. The number of aliphatic hydroxyl groups is 1. The van der Waals surface area contributed by atoms with E-state index in [1.165, 1.54) is 347 Å². The number of phosphoric acid groups is 1. The van der Waals surface area contributed by atoms with Crippen LogP contribution in [0.2, 0.25) is 0 Å². The Morgan fingerprint density at radius 3 is 0.817 bits per heavy atom. The molecule has 1 amide bonds. The molecule has 0 saturated heterocycles. The normalized spacial score (nSPS) is 13.5. The molecule has 0 aliphatic heterocycles. The van der Waals surface area contributed by atoms with Crippen molar-refractivity contribution in [1.82, 2.24) is 5.32 Å². The Balaban J connectivity index is 3.92. The number of nitrogens with one attached hydrogen (secondary N) is 1. The minimum atomic E-state index is -4.33. The lowest BCUT2D eigenvalue weighted by Gasteiger charge is -2.26. The third-order valence-electron chi connectivity index (χ3n) is 17.9. The van der Waals surface area contributed by atoms with Crippen LogP contribution >= 0.6 is 7.82 Å². The Bertz CT molecular complexity index is 1300. The van der Waals surface area contributed by atoms with Crippen molar-refractivity contribution in [2.24, 2.45) is 0 Å². The average molecular weight is 1180 g/mol. The number of nitrogens with zero attached hydrogens (tertiary/aromatic N) is 1. The molecule has 0 fully saturated rings. The number of likely N-dealkylation sites (N-methyl/N-ethyl adjacent to an activating group) is 1. The molecular formula is C73H150N2O6P+. The van der Waals surface area contributed by atoms with E-state index in [1.807, 2.05) is 21.1 Å². The number of aliphatic hydroxyl groups excluding tert-OH is 1. The minimum absolute atomic E-state index is 0.0795. The number of carbonyl (C=O) groups is 1. The van der Waals surface area contributed by atoms with E-state index in [0.29, 0.717) is 23.9 Å². The molecule has 0 rings (SSSR count). The minimum Gasteiger partial charge on any atom is -0.391 e. The monoisotopic (exact) mass is 1180 g/mol. The molecule has 82 heavy (non-hydrogen) atoms. The molecule has 8 nitrogen and oxygen atoms in total. The zero-order valence-corrected chi connectivity index (χ0v) is 57.4. The summed E-state index contributed by atoms with van der Waals surface area (Å²) in [4.78, 5) is 23.5. The van der Waals surface area contributed by atoms with Crippen molar-refractivity contribution in [2.45, 2.75) is 424 Å². The lowest BCUT2D eigenvalue weighted by atomic mass is 10.0. The molecule has 3 atom stereocenters. The molecule has 0 aromatic heterocycles. The summed E-state index contributed by atoms with van der Waals surface area (Å²) in [5.74, 6) is -0.132. The van der Waals surface area contributed by atoms with E-state index in [1.54, 1.807) is 0 Å². The molecule has 0 spiro atoms. The quantitative estimate of drug-likeness (QED) is 0.0318. The molecule has 0 saturated carbocycles. The van der Waals surface area contributed by atoms with Gasteiger partial charge in [0.15, 0.2) is 0 Å². The highest BCUT2D eigenvalue weighted by Gasteiger charge is 2.28. The Morgan fingerprint density at radius 1 is 0.366 bits per heavy atom. The molecule has 9 heteroatoms. The molecule has 0 aliphatic carbocycles. The van der Waals surface area contributed by atoms with Crippen LogP contribution in [-0.4, -0.2) is 73.4 Å². The summed E-state index contributed by atoms with van der Waals surface area (Å²) in [6.45, 7) is 4.97. The molecule has 492 valence electrons. The van der Waals surface area contributed by atoms with Gasteiger partial charge in [0.25, 0.3) is 0 Å². The number of quaternary nitrogens is 1. The molecule has 0 heterocycles. The number of carbonyl (C=O) groups excluding carboxylic acids is 1. The summed E-state index contributed by atoms with van der Waals surface area (Å²) in [5, 5.41) is 14.2. The number of unbranched alkanes of at least 4 members (excludes halogenated alkanes) is 58. The Hall–Kier alpha value is -0.500. The van der Waals surface area contributed by atoms with Gasteiger partial charge in [0, 0.05) is 6.42 Å². The van der Waals surface area contributed by atoms with Crippen LogP contribution in [0.3, 0.4) is 0 Å². The zero-order valence-electron chi connectivity index (χ0n) is 56.5. The zero-order chi connectivity index (χ0) is 59.8. The van der Waals surface area contributed by atoms with Crippen LogP contribution in [0.4, 0.5) is 0 Å². The molecule has 3 N–H and O–H groups in total. The fourth-order valence-corrected chi connectivity index (χ4v) is 12.8. The van der Waals surface area contributed by atoms with Crippen molar-refractivity contribution < 1.29 is 32.9 Å². The van der Waals surface area contributed by atoms with Crippen molar-refractivity contribution in [3.8, 4) is 0 Å². The van der Waals surface area contributed by atoms with Gasteiger partial charge in [-0.2, -0.15) is 0 Å². The topological polar surface area (TPSA) is 105 Å². The van der Waals surface area contributed by atoms with Crippen LogP contribution in [-0.2, 0) is 18.4 Å². The van der Waals surface area contributed by atoms with Gasteiger partial charge in [-0.1, -0.05) is 393 Å². The van der Waals surface area contributed by atoms with Gasteiger partial charge in [-0.05, 0) is 12.8 Å². The summed E-state index contributed by atoms with van der Waals surface area (Å²) in [5.41, 5.74) is 0. The van der Waals surface area contributed by atoms with E-state index in [4.69, 9.17) is 9.05 Å². The molecule has 0 aliphatic rings. The summed E-state index contributed by atoms with van der Waals surface area (Å²) >= 11 is 0. The van der Waals surface area contributed by atoms with E-state index < -0.39 is 20.0 Å². The molecule has 0 aromatic rings. The van der Waals surface area contributed by atoms with E-state index in [0.717, 1.165) is 38.5 Å². The largest absolute Gasteiger partial charge is 0.472 e. The van der Waals surface area contributed by atoms with Crippen LogP contribution < -0.4 is 5.32 Å². The maximum atomic E-state index is 13.1. The predicted molar refractivity (Wildman–Crippen MR) is 360 cm³/mol. The predicted octanol–water partition coefficient (Wildman–Crippen LogP) is 23.9. The van der Waals surface area contributed by atoms with E-state index in [9.17, 15) is 19.4 Å².